The van der Waals surface area contributed by atoms with E-state index in [1.807, 2.05) is 0 Å². The molecule has 2 heterocycles. The predicted molar refractivity (Wildman–Crippen MR) is 55.9 cm³/mol. The zero-order valence-corrected chi connectivity index (χ0v) is 9.07. The lowest BCUT2D eigenvalue weighted by Crippen LogP contribution is -2.09. The molecule has 5 nitrogen and oxygen atoms in total. The summed E-state index contributed by atoms with van der Waals surface area (Å²) in [6.07, 6.45) is 2.29. The quantitative estimate of drug-likeness (QED) is 0.758. The van der Waals surface area contributed by atoms with Crippen molar-refractivity contribution in [1.29, 1.82) is 0 Å². The molecule has 0 bridgehead atoms. The van der Waals surface area contributed by atoms with E-state index in [0.717, 1.165) is 5.69 Å². The smallest absolute Gasteiger partial charge is 0.151 e. The Morgan fingerprint density at radius 2 is 2.33 bits per heavy atom. The molecular formula is C9H13N3O2S. The highest BCUT2D eigenvalue weighted by Crippen LogP contribution is 2.27. The van der Waals surface area contributed by atoms with Gasteiger partial charge in [-0.05, 0) is 12.5 Å². The summed E-state index contributed by atoms with van der Waals surface area (Å²) in [5.74, 6) is 1.05. The van der Waals surface area contributed by atoms with Crippen molar-refractivity contribution in [3.05, 3.63) is 23.8 Å². The fourth-order valence-electron chi connectivity index (χ4n) is 1.77. The van der Waals surface area contributed by atoms with Crippen molar-refractivity contribution in [2.75, 3.05) is 11.5 Å². The van der Waals surface area contributed by atoms with Crippen molar-refractivity contribution in [1.82, 2.24) is 9.97 Å². The molecule has 2 N–H and O–H groups in total. The first-order chi connectivity index (χ1) is 7.11. The summed E-state index contributed by atoms with van der Waals surface area (Å²) in [6, 6.07) is 1.77. The maximum atomic E-state index is 11.3. The normalized spacial score (nSPS) is 24.2. The summed E-state index contributed by atoms with van der Waals surface area (Å²) in [4.78, 5) is 8.22. The third kappa shape index (κ3) is 2.32. The van der Waals surface area contributed by atoms with E-state index in [-0.39, 0.29) is 24.0 Å². The fraction of sp³-hybridized carbons (Fsp3) is 0.556. The Labute approximate surface area is 88.7 Å². The van der Waals surface area contributed by atoms with Gasteiger partial charge >= 0.3 is 0 Å². The maximum Gasteiger partial charge on any atom is 0.151 e. The zero-order valence-electron chi connectivity index (χ0n) is 8.26. The van der Waals surface area contributed by atoms with Crippen LogP contribution in [-0.2, 0) is 16.4 Å². The lowest BCUT2D eigenvalue weighted by atomic mass is 10.1. The molecule has 82 valence electrons. The molecule has 1 aliphatic rings. The van der Waals surface area contributed by atoms with Crippen LogP contribution in [0.3, 0.4) is 0 Å². The van der Waals surface area contributed by atoms with Gasteiger partial charge in [-0.15, -0.1) is 0 Å². The van der Waals surface area contributed by atoms with Gasteiger partial charge < -0.3 is 5.73 Å². The average molecular weight is 227 g/mol. The van der Waals surface area contributed by atoms with Crippen molar-refractivity contribution in [2.24, 2.45) is 5.73 Å². The first-order valence-electron chi connectivity index (χ1n) is 4.83. The van der Waals surface area contributed by atoms with Crippen molar-refractivity contribution in [2.45, 2.75) is 18.9 Å². The highest BCUT2D eigenvalue weighted by molar-refractivity contribution is 7.91. The Kier molecular flexibility index (Phi) is 2.70. The van der Waals surface area contributed by atoms with Crippen LogP contribution in [0.4, 0.5) is 0 Å². The minimum atomic E-state index is -2.85. The predicted octanol–water partition coefficient (Wildman–Crippen LogP) is -0.163. The molecule has 0 spiro atoms. The third-order valence-corrected chi connectivity index (χ3v) is 4.33. The largest absolute Gasteiger partial charge is 0.324 e. The van der Waals surface area contributed by atoms with Gasteiger partial charge in [0.05, 0.1) is 18.1 Å². The first kappa shape index (κ1) is 10.5. The van der Waals surface area contributed by atoms with E-state index in [1.54, 1.807) is 12.3 Å². The van der Waals surface area contributed by atoms with Crippen molar-refractivity contribution < 1.29 is 8.42 Å². The number of sulfone groups is 1. The van der Waals surface area contributed by atoms with E-state index in [1.165, 1.54) is 0 Å². The number of aromatic nitrogens is 2. The zero-order chi connectivity index (χ0) is 10.9. The van der Waals surface area contributed by atoms with Crippen LogP contribution in [0, 0.1) is 0 Å². The molecule has 1 saturated heterocycles. The molecule has 0 radical (unpaired) electrons. The van der Waals surface area contributed by atoms with Crippen molar-refractivity contribution in [3.63, 3.8) is 0 Å². The molecule has 15 heavy (non-hydrogen) atoms. The van der Waals surface area contributed by atoms with Crippen LogP contribution in [-0.4, -0.2) is 29.9 Å². The van der Waals surface area contributed by atoms with Gasteiger partial charge in [-0.1, -0.05) is 0 Å². The fourth-order valence-corrected chi connectivity index (χ4v) is 3.53. The Balaban J connectivity index is 2.24. The molecule has 0 amide bonds. The summed E-state index contributed by atoms with van der Waals surface area (Å²) in [6.45, 7) is 0.285. The van der Waals surface area contributed by atoms with Gasteiger partial charge in [-0.3, -0.25) is 0 Å². The van der Waals surface area contributed by atoms with Crippen LogP contribution in [0.1, 0.15) is 23.9 Å². The molecule has 1 unspecified atom stereocenters. The van der Waals surface area contributed by atoms with Gasteiger partial charge in [0.15, 0.2) is 9.84 Å². The highest BCUT2D eigenvalue weighted by Gasteiger charge is 2.29. The second-order valence-electron chi connectivity index (χ2n) is 3.70. The van der Waals surface area contributed by atoms with Gasteiger partial charge in [0.2, 0.25) is 0 Å². The molecule has 1 fully saturated rings. The Morgan fingerprint density at radius 1 is 1.53 bits per heavy atom. The Hall–Kier alpha value is -1.01. The molecule has 1 aliphatic heterocycles. The standard InChI is InChI=1S/C9H13N3O2S/c10-5-9-11-3-1-8(12-9)7-2-4-15(13,14)6-7/h1,3,7H,2,4-6,10H2. The van der Waals surface area contributed by atoms with Crippen LogP contribution < -0.4 is 5.73 Å². The van der Waals surface area contributed by atoms with E-state index in [0.29, 0.717) is 12.2 Å². The Morgan fingerprint density at radius 3 is 2.93 bits per heavy atom. The van der Waals surface area contributed by atoms with Gasteiger partial charge in [-0.2, -0.15) is 0 Å². The molecule has 0 aliphatic carbocycles. The van der Waals surface area contributed by atoms with Crippen LogP contribution >= 0.6 is 0 Å². The molecule has 0 aromatic carbocycles. The molecule has 1 aromatic rings. The molecule has 1 aromatic heterocycles. The van der Waals surface area contributed by atoms with Crippen LogP contribution in [0.25, 0.3) is 0 Å². The van der Waals surface area contributed by atoms with E-state index in [2.05, 4.69) is 9.97 Å². The van der Waals surface area contributed by atoms with E-state index in [9.17, 15) is 8.42 Å². The van der Waals surface area contributed by atoms with Crippen molar-refractivity contribution in [3.8, 4) is 0 Å². The van der Waals surface area contributed by atoms with E-state index < -0.39 is 9.84 Å². The second kappa shape index (κ2) is 3.86. The van der Waals surface area contributed by atoms with Gasteiger partial charge in [0, 0.05) is 17.8 Å². The molecule has 6 heteroatoms. The topological polar surface area (TPSA) is 85.9 Å². The summed E-state index contributed by atoms with van der Waals surface area (Å²) in [7, 11) is -2.85. The summed E-state index contributed by atoms with van der Waals surface area (Å²) in [5, 5.41) is 0. The number of hydrogen-bond acceptors (Lipinski definition) is 5. The molecule has 2 rings (SSSR count). The lowest BCUT2D eigenvalue weighted by Gasteiger charge is -2.07. The third-order valence-electron chi connectivity index (χ3n) is 2.56. The number of nitrogens with two attached hydrogens (primary N) is 1. The SMILES string of the molecule is NCc1nccc(C2CCS(=O)(=O)C2)n1. The van der Waals surface area contributed by atoms with Crippen LogP contribution in [0.15, 0.2) is 12.3 Å². The maximum absolute atomic E-state index is 11.3. The van der Waals surface area contributed by atoms with Gasteiger partial charge in [-0.25, -0.2) is 18.4 Å². The van der Waals surface area contributed by atoms with Crippen LogP contribution in [0.2, 0.25) is 0 Å². The van der Waals surface area contributed by atoms with E-state index in [4.69, 9.17) is 5.73 Å². The summed E-state index contributed by atoms with van der Waals surface area (Å²) >= 11 is 0. The number of hydrogen-bond donors (Lipinski definition) is 1. The molecular weight excluding hydrogens is 214 g/mol. The minimum absolute atomic E-state index is 0.0169. The van der Waals surface area contributed by atoms with Gasteiger partial charge in [0.1, 0.15) is 5.82 Å². The molecule has 0 saturated carbocycles. The number of rotatable bonds is 2. The first-order valence-corrected chi connectivity index (χ1v) is 6.65. The number of nitrogens with zero attached hydrogens (tertiary/aromatic N) is 2. The highest BCUT2D eigenvalue weighted by atomic mass is 32.2. The second-order valence-corrected chi connectivity index (χ2v) is 5.93. The summed E-state index contributed by atoms with van der Waals surface area (Å²) < 4.78 is 22.6. The lowest BCUT2D eigenvalue weighted by molar-refractivity contribution is 0.601. The van der Waals surface area contributed by atoms with E-state index >= 15 is 0 Å². The average Bonchev–Trinajstić information content (AvgIpc) is 2.59. The van der Waals surface area contributed by atoms with Crippen LogP contribution in [0.5, 0.6) is 0 Å². The monoisotopic (exact) mass is 227 g/mol. The summed E-state index contributed by atoms with van der Waals surface area (Å²) in [5.41, 5.74) is 6.23. The van der Waals surface area contributed by atoms with Gasteiger partial charge in [0.25, 0.3) is 0 Å². The Bertz CT molecular complexity index is 458. The minimum Gasteiger partial charge on any atom is -0.324 e. The van der Waals surface area contributed by atoms with Crippen molar-refractivity contribution >= 4 is 9.84 Å². The molecule has 1 atom stereocenters.